The summed E-state index contributed by atoms with van der Waals surface area (Å²) in [5.41, 5.74) is 20.8. The first-order chi connectivity index (χ1) is 16.9. The minimum Gasteiger partial charge on any atom is -0.457 e. The van der Waals surface area contributed by atoms with Crippen molar-refractivity contribution in [2.75, 3.05) is 6.54 Å². The van der Waals surface area contributed by atoms with Gasteiger partial charge in [0.25, 0.3) is 0 Å². The van der Waals surface area contributed by atoms with E-state index in [2.05, 4.69) is 0 Å². The summed E-state index contributed by atoms with van der Waals surface area (Å²) < 4.78 is 11.9. The molecule has 7 heteroatoms. The fourth-order valence-corrected chi connectivity index (χ4v) is 3.82. The number of allylic oxidation sites excluding steroid dienone is 5. The number of unbranched alkanes of at least 4 members (excludes halogenated alkanes) is 1. The van der Waals surface area contributed by atoms with Gasteiger partial charge in [0.1, 0.15) is 34.4 Å². The van der Waals surface area contributed by atoms with Gasteiger partial charge in [0.2, 0.25) is 0 Å². The molecule has 178 valence electrons. The molecule has 8 N–H and O–H groups in total. The van der Waals surface area contributed by atoms with Gasteiger partial charge in [-0.1, -0.05) is 24.3 Å². The molecule has 4 rings (SSSR count). The van der Waals surface area contributed by atoms with E-state index in [0.29, 0.717) is 17.7 Å². The Bertz CT molecular complexity index is 1470. The average molecular weight is 468 g/mol. The molecular weight excluding hydrogens is 438 g/mol. The molecule has 0 atom stereocenters. The van der Waals surface area contributed by atoms with Crippen LogP contribution in [0.2, 0.25) is 0 Å². The SMILES string of the molecule is N=C(N)c1ccc2oc(/C=C/C=C/C=C(\CCCCN)c3cc4cc(C(=N)N)ccc4o3)cc2c1. The second kappa shape index (κ2) is 10.7. The van der Waals surface area contributed by atoms with Gasteiger partial charge in [-0.2, -0.15) is 0 Å². The van der Waals surface area contributed by atoms with Crippen LogP contribution in [-0.2, 0) is 0 Å². The first kappa shape index (κ1) is 23.8. The van der Waals surface area contributed by atoms with Gasteiger partial charge >= 0.3 is 0 Å². The molecule has 0 aliphatic carbocycles. The van der Waals surface area contributed by atoms with Gasteiger partial charge in [0, 0.05) is 21.9 Å². The van der Waals surface area contributed by atoms with Crippen LogP contribution in [0.5, 0.6) is 0 Å². The lowest BCUT2D eigenvalue weighted by Gasteiger charge is -2.03. The van der Waals surface area contributed by atoms with E-state index in [-0.39, 0.29) is 11.7 Å². The van der Waals surface area contributed by atoms with Gasteiger partial charge in [-0.25, -0.2) is 0 Å². The molecule has 0 unspecified atom stereocenters. The zero-order valence-corrected chi connectivity index (χ0v) is 19.4. The predicted octanol–water partition coefficient (Wildman–Crippen LogP) is 5.53. The van der Waals surface area contributed by atoms with E-state index < -0.39 is 0 Å². The number of hydrogen-bond acceptors (Lipinski definition) is 5. The van der Waals surface area contributed by atoms with Crippen LogP contribution < -0.4 is 17.2 Å². The Hall–Kier alpha value is -4.36. The first-order valence-electron chi connectivity index (χ1n) is 11.4. The summed E-state index contributed by atoms with van der Waals surface area (Å²) in [4.78, 5) is 0. The van der Waals surface area contributed by atoms with Crippen molar-refractivity contribution in [1.82, 2.24) is 0 Å². The maximum Gasteiger partial charge on any atom is 0.134 e. The number of rotatable bonds is 10. The summed E-state index contributed by atoms with van der Waals surface area (Å²) in [6.45, 7) is 0.652. The van der Waals surface area contributed by atoms with Crippen LogP contribution in [-0.4, -0.2) is 18.2 Å². The predicted molar refractivity (Wildman–Crippen MR) is 144 cm³/mol. The topological polar surface area (TPSA) is 152 Å². The van der Waals surface area contributed by atoms with Gasteiger partial charge in [0.05, 0.1) is 0 Å². The van der Waals surface area contributed by atoms with Crippen molar-refractivity contribution in [1.29, 1.82) is 10.8 Å². The number of nitrogen functional groups attached to an aromatic ring is 2. The summed E-state index contributed by atoms with van der Waals surface area (Å²) >= 11 is 0. The molecular formula is C28H29N5O2. The summed E-state index contributed by atoms with van der Waals surface area (Å²) in [7, 11) is 0. The zero-order valence-electron chi connectivity index (χ0n) is 19.4. The van der Waals surface area contributed by atoms with Gasteiger partial charge in [0.15, 0.2) is 0 Å². The molecule has 35 heavy (non-hydrogen) atoms. The lowest BCUT2D eigenvalue weighted by molar-refractivity contribution is 0.593. The van der Waals surface area contributed by atoms with Crippen LogP contribution in [0, 0.1) is 10.8 Å². The highest BCUT2D eigenvalue weighted by Gasteiger charge is 2.10. The van der Waals surface area contributed by atoms with Crippen molar-refractivity contribution >= 4 is 45.3 Å². The number of amidine groups is 2. The Morgan fingerprint density at radius 1 is 0.771 bits per heavy atom. The van der Waals surface area contributed by atoms with Crippen molar-refractivity contribution in [2.24, 2.45) is 17.2 Å². The fourth-order valence-electron chi connectivity index (χ4n) is 3.82. The molecule has 0 aliphatic heterocycles. The molecule has 0 bridgehead atoms. The number of benzene rings is 2. The monoisotopic (exact) mass is 467 g/mol. The van der Waals surface area contributed by atoms with Gasteiger partial charge in [-0.3, -0.25) is 10.8 Å². The maximum atomic E-state index is 7.65. The summed E-state index contributed by atoms with van der Waals surface area (Å²) in [6.07, 6.45) is 12.5. The standard InChI is InChI=1S/C28H29N5O2/c29-13-5-4-7-18(26-17-22-15-20(28(32)33)10-12-25(22)35-26)6-2-1-3-8-23-16-21-14-19(27(30)31)9-11-24(21)34-23/h1-3,6,8-12,14-17H,4-5,7,13,29H2,(H3,30,31)(H3,32,33)/b2-1+,8-3+,18-6+. The molecule has 0 aliphatic rings. The minimum atomic E-state index is 0.0333. The Balaban J connectivity index is 1.53. The van der Waals surface area contributed by atoms with E-state index in [1.54, 1.807) is 12.1 Å². The smallest absolute Gasteiger partial charge is 0.134 e. The summed E-state index contributed by atoms with van der Waals surface area (Å²) in [6, 6.07) is 14.9. The highest BCUT2D eigenvalue weighted by Crippen LogP contribution is 2.29. The number of fused-ring (bicyclic) bond motifs is 2. The molecule has 2 aromatic carbocycles. The third-order valence-corrected chi connectivity index (χ3v) is 5.67. The Morgan fingerprint density at radius 2 is 1.43 bits per heavy atom. The molecule has 4 aromatic rings. The normalized spacial score (nSPS) is 12.4. The van der Waals surface area contributed by atoms with Crippen LogP contribution in [0.3, 0.4) is 0 Å². The Morgan fingerprint density at radius 3 is 2.09 bits per heavy atom. The molecule has 2 aromatic heterocycles. The van der Waals surface area contributed by atoms with E-state index in [4.69, 9.17) is 36.9 Å². The molecule has 0 amide bonds. The second-order valence-electron chi connectivity index (χ2n) is 8.27. The highest BCUT2D eigenvalue weighted by molar-refractivity contribution is 5.99. The van der Waals surface area contributed by atoms with Crippen LogP contribution in [0.15, 0.2) is 81.7 Å². The van der Waals surface area contributed by atoms with Gasteiger partial charge < -0.3 is 26.0 Å². The lowest BCUT2D eigenvalue weighted by Crippen LogP contribution is -2.10. The third-order valence-electron chi connectivity index (χ3n) is 5.67. The van der Waals surface area contributed by atoms with Crippen molar-refractivity contribution in [3.63, 3.8) is 0 Å². The number of hydrogen-bond donors (Lipinski definition) is 5. The van der Waals surface area contributed by atoms with Crippen LogP contribution in [0.1, 0.15) is 41.9 Å². The average Bonchev–Trinajstić information content (AvgIpc) is 3.45. The van der Waals surface area contributed by atoms with Crippen molar-refractivity contribution in [3.8, 4) is 0 Å². The number of nitrogens with one attached hydrogen (secondary N) is 2. The Kier molecular flexibility index (Phi) is 7.28. The molecule has 0 fully saturated rings. The van der Waals surface area contributed by atoms with Crippen LogP contribution in [0.25, 0.3) is 33.6 Å². The van der Waals surface area contributed by atoms with Crippen LogP contribution >= 0.6 is 0 Å². The third kappa shape index (κ3) is 5.77. The summed E-state index contributed by atoms with van der Waals surface area (Å²) in [5.74, 6) is 1.58. The van der Waals surface area contributed by atoms with Gasteiger partial charge in [-0.15, -0.1) is 0 Å². The molecule has 2 heterocycles. The minimum absolute atomic E-state index is 0.0333. The largest absolute Gasteiger partial charge is 0.457 e. The molecule has 0 saturated carbocycles. The lowest BCUT2D eigenvalue weighted by atomic mass is 10.0. The number of furan rings is 2. The molecule has 0 radical (unpaired) electrons. The zero-order chi connectivity index (χ0) is 24.8. The van der Waals surface area contributed by atoms with Crippen LogP contribution in [0.4, 0.5) is 0 Å². The van der Waals surface area contributed by atoms with E-state index in [0.717, 1.165) is 58.3 Å². The highest BCUT2D eigenvalue weighted by atomic mass is 16.3. The molecule has 7 nitrogen and oxygen atoms in total. The Labute approximate surface area is 203 Å². The molecule has 0 spiro atoms. The first-order valence-corrected chi connectivity index (χ1v) is 11.4. The van der Waals surface area contributed by atoms with E-state index in [1.165, 1.54) is 0 Å². The van der Waals surface area contributed by atoms with Crippen molar-refractivity contribution < 1.29 is 8.83 Å². The number of nitrogens with two attached hydrogens (primary N) is 3. The summed E-state index contributed by atoms with van der Waals surface area (Å²) in [5, 5.41) is 17.0. The fraction of sp³-hybridized carbons (Fsp3) is 0.143. The van der Waals surface area contributed by atoms with Gasteiger partial charge in [-0.05, 0) is 86.0 Å². The van der Waals surface area contributed by atoms with E-state index in [1.807, 2.05) is 66.8 Å². The molecule has 0 saturated heterocycles. The van der Waals surface area contributed by atoms with E-state index >= 15 is 0 Å². The quantitative estimate of drug-likeness (QED) is 0.0898. The second-order valence-corrected chi connectivity index (χ2v) is 8.27. The van der Waals surface area contributed by atoms with E-state index in [9.17, 15) is 0 Å². The van der Waals surface area contributed by atoms with Crippen molar-refractivity contribution in [2.45, 2.75) is 19.3 Å². The maximum absolute atomic E-state index is 7.65. The van der Waals surface area contributed by atoms with Crippen molar-refractivity contribution in [3.05, 3.63) is 95.5 Å².